The second-order valence-corrected chi connectivity index (χ2v) is 4.30. The molecule has 1 aromatic rings. The first kappa shape index (κ1) is 15.5. The molecule has 0 N–H and O–H groups in total. The fourth-order valence-corrected chi connectivity index (χ4v) is 1.29. The molecule has 1 rings (SSSR count). The van der Waals surface area contributed by atoms with Gasteiger partial charge in [0.1, 0.15) is 5.82 Å². The largest absolute Gasteiger partial charge is 0.462 e. The zero-order valence-electron chi connectivity index (χ0n) is 10.6. The molecule has 2 nitrogen and oxygen atoms in total. The molecule has 0 saturated heterocycles. The molecule has 1 aromatic carbocycles. The van der Waals surface area contributed by atoms with Gasteiger partial charge in [-0.15, -0.1) is 0 Å². The number of alkyl halides is 3. The number of hydrogen-bond acceptors (Lipinski definition) is 2. The van der Waals surface area contributed by atoms with Crippen molar-refractivity contribution in [2.24, 2.45) is 5.92 Å². The van der Waals surface area contributed by atoms with E-state index in [2.05, 4.69) is 0 Å². The second kappa shape index (κ2) is 6.04. The summed E-state index contributed by atoms with van der Waals surface area (Å²) < 4.78 is 55.1. The third kappa shape index (κ3) is 4.22. The number of benzene rings is 1. The lowest BCUT2D eigenvalue weighted by atomic mass is 10.1. The minimum Gasteiger partial charge on any atom is -0.462 e. The zero-order valence-corrected chi connectivity index (χ0v) is 10.6. The average Bonchev–Trinajstić information content (AvgIpc) is 2.33. The highest BCUT2D eigenvalue weighted by atomic mass is 19.4. The van der Waals surface area contributed by atoms with Crippen molar-refractivity contribution in [2.75, 3.05) is 6.61 Å². The molecule has 0 aliphatic heterocycles. The van der Waals surface area contributed by atoms with Gasteiger partial charge in [-0.1, -0.05) is 20.3 Å². The fourth-order valence-electron chi connectivity index (χ4n) is 1.29. The molecular weight excluding hydrogens is 264 g/mol. The number of carbonyl (C=O) groups is 1. The van der Waals surface area contributed by atoms with Gasteiger partial charge < -0.3 is 4.74 Å². The molecule has 19 heavy (non-hydrogen) atoms. The molecule has 0 bridgehead atoms. The Morgan fingerprint density at radius 3 is 2.47 bits per heavy atom. The standard InChI is InChI=1S/C13H14F4O2/c1-3-8(2)7-19-12(18)9-4-5-10(11(14)6-9)13(15,16)17/h4-6,8H,3,7H2,1-2H3. The first-order valence-electron chi connectivity index (χ1n) is 5.79. The Morgan fingerprint density at radius 2 is 2.00 bits per heavy atom. The van der Waals surface area contributed by atoms with E-state index in [0.717, 1.165) is 12.5 Å². The third-order valence-corrected chi connectivity index (χ3v) is 2.71. The Balaban J connectivity index is 2.81. The SMILES string of the molecule is CCC(C)COC(=O)c1ccc(C(F)(F)F)c(F)c1. The van der Waals surface area contributed by atoms with Crippen LogP contribution >= 0.6 is 0 Å². The molecule has 0 saturated carbocycles. The molecule has 0 radical (unpaired) electrons. The summed E-state index contributed by atoms with van der Waals surface area (Å²) in [5.74, 6) is -2.17. The summed E-state index contributed by atoms with van der Waals surface area (Å²) in [4.78, 5) is 11.5. The van der Waals surface area contributed by atoms with Gasteiger partial charge in [0.05, 0.1) is 17.7 Å². The molecule has 0 fully saturated rings. The normalized spacial score (nSPS) is 13.2. The quantitative estimate of drug-likeness (QED) is 0.613. The summed E-state index contributed by atoms with van der Waals surface area (Å²) in [6.45, 7) is 3.93. The molecule has 1 unspecified atom stereocenters. The lowest BCUT2D eigenvalue weighted by molar-refractivity contribution is -0.140. The maximum atomic E-state index is 13.2. The number of hydrogen-bond donors (Lipinski definition) is 0. The van der Waals surface area contributed by atoms with Crippen molar-refractivity contribution in [3.8, 4) is 0 Å². The molecule has 6 heteroatoms. The van der Waals surface area contributed by atoms with Gasteiger partial charge in [-0.25, -0.2) is 9.18 Å². The van der Waals surface area contributed by atoms with E-state index in [9.17, 15) is 22.4 Å². The highest BCUT2D eigenvalue weighted by Crippen LogP contribution is 2.31. The molecule has 0 amide bonds. The monoisotopic (exact) mass is 278 g/mol. The van der Waals surface area contributed by atoms with E-state index in [0.29, 0.717) is 12.1 Å². The van der Waals surface area contributed by atoms with Crippen LogP contribution in [-0.2, 0) is 10.9 Å². The first-order chi connectivity index (χ1) is 8.75. The number of rotatable bonds is 4. The van der Waals surface area contributed by atoms with Crippen molar-refractivity contribution in [1.82, 2.24) is 0 Å². The van der Waals surface area contributed by atoms with Crippen LogP contribution in [0, 0.1) is 11.7 Å². The number of carbonyl (C=O) groups excluding carboxylic acids is 1. The van der Waals surface area contributed by atoms with Crippen molar-refractivity contribution in [3.63, 3.8) is 0 Å². The highest BCUT2D eigenvalue weighted by Gasteiger charge is 2.34. The lowest BCUT2D eigenvalue weighted by Crippen LogP contribution is -2.13. The summed E-state index contributed by atoms with van der Waals surface area (Å²) in [6.07, 6.45) is -3.97. The van der Waals surface area contributed by atoms with Crippen LogP contribution in [0.3, 0.4) is 0 Å². The smallest absolute Gasteiger partial charge is 0.419 e. The van der Waals surface area contributed by atoms with Crippen molar-refractivity contribution in [1.29, 1.82) is 0 Å². The van der Waals surface area contributed by atoms with E-state index in [-0.39, 0.29) is 18.1 Å². The Labute approximate surface area is 108 Å². The minimum atomic E-state index is -4.77. The molecule has 0 spiro atoms. The van der Waals surface area contributed by atoms with Gasteiger partial charge in [-0.05, 0) is 24.1 Å². The Bertz CT molecular complexity index is 454. The van der Waals surface area contributed by atoms with E-state index in [1.54, 1.807) is 0 Å². The zero-order chi connectivity index (χ0) is 14.6. The Kier molecular flexibility index (Phi) is 4.91. The fraction of sp³-hybridized carbons (Fsp3) is 0.462. The van der Waals surface area contributed by atoms with Gasteiger partial charge in [0.2, 0.25) is 0 Å². The van der Waals surface area contributed by atoms with Crippen LogP contribution in [0.5, 0.6) is 0 Å². The third-order valence-electron chi connectivity index (χ3n) is 2.71. The highest BCUT2D eigenvalue weighted by molar-refractivity contribution is 5.89. The van der Waals surface area contributed by atoms with Crippen LogP contribution in [0.2, 0.25) is 0 Å². The number of esters is 1. The van der Waals surface area contributed by atoms with E-state index in [1.807, 2.05) is 13.8 Å². The first-order valence-corrected chi connectivity index (χ1v) is 5.79. The predicted octanol–water partition coefficient (Wildman–Crippen LogP) is 4.05. The van der Waals surface area contributed by atoms with Crippen LogP contribution < -0.4 is 0 Å². The second-order valence-electron chi connectivity index (χ2n) is 4.30. The maximum absolute atomic E-state index is 13.2. The van der Waals surface area contributed by atoms with Crippen molar-refractivity contribution in [3.05, 3.63) is 35.1 Å². The molecule has 106 valence electrons. The van der Waals surface area contributed by atoms with Gasteiger partial charge in [0, 0.05) is 0 Å². The summed E-state index contributed by atoms with van der Waals surface area (Å²) in [5.41, 5.74) is -1.63. The van der Waals surface area contributed by atoms with Crippen LogP contribution in [0.1, 0.15) is 36.2 Å². The molecular formula is C13H14F4O2. The van der Waals surface area contributed by atoms with E-state index < -0.39 is 23.5 Å². The molecule has 1 atom stereocenters. The minimum absolute atomic E-state index is 0.142. The van der Waals surface area contributed by atoms with Crippen molar-refractivity contribution < 1.29 is 27.1 Å². The van der Waals surface area contributed by atoms with Crippen LogP contribution in [0.25, 0.3) is 0 Å². The van der Waals surface area contributed by atoms with Gasteiger partial charge in [-0.3, -0.25) is 0 Å². The van der Waals surface area contributed by atoms with E-state index in [1.165, 1.54) is 0 Å². The van der Waals surface area contributed by atoms with E-state index in [4.69, 9.17) is 4.74 Å². The number of halogens is 4. The summed E-state index contributed by atoms with van der Waals surface area (Å²) >= 11 is 0. The lowest BCUT2D eigenvalue weighted by Gasteiger charge is -2.11. The van der Waals surface area contributed by atoms with Gasteiger partial charge in [0.25, 0.3) is 0 Å². The summed E-state index contributed by atoms with van der Waals surface area (Å²) in [7, 11) is 0. The van der Waals surface area contributed by atoms with E-state index >= 15 is 0 Å². The van der Waals surface area contributed by atoms with Gasteiger partial charge in [-0.2, -0.15) is 13.2 Å². The Morgan fingerprint density at radius 1 is 1.37 bits per heavy atom. The van der Waals surface area contributed by atoms with Crippen LogP contribution in [0.15, 0.2) is 18.2 Å². The maximum Gasteiger partial charge on any atom is 0.419 e. The Hall–Kier alpha value is -1.59. The summed E-state index contributed by atoms with van der Waals surface area (Å²) in [5, 5.41) is 0. The van der Waals surface area contributed by atoms with Crippen molar-refractivity contribution in [2.45, 2.75) is 26.4 Å². The van der Waals surface area contributed by atoms with Gasteiger partial charge in [0.15, 0.2) is 0 Å². The molecule has 0 heterocycles. The van der Waals surface area contributed by atoms with Gasteiger partial charge >= 0.3 is 12.1 Å². The number of ether oxygens (including phenoxy) is 1. The topological polar surface area (TPSA) is 26.3 Å². The molecule has 0 aromatic heterocycles. The predicted molar refractivity (Wildman–Crippen MR) is 61.1 cm³/mol. The van der Waals surface area contributed by atoms with Crippen molar-refractivity contribution >= 4 is 5.97 Å². The summed E-state index contributed by atoms with van der Waals surface area (Å²) in [6, 6.07) is 1.99. The average molecular weight is 278 g/mol. The molecule has 0 aliphatic carbocycles. The molecule has 0 aliphatic rings. The van der Waals surface area contributed by atoms with Crippen LogP contribution in [-0.4, -0.2) is 12.6 Å². The van der Waals surface area contributed by atoms with Crippen LogP contribution in [0.4, 0.5) is 17.6 Å².